The highest BCUT2D eigenvalue weighted by atomic mass is 79.9. The molecule has 0 N–H and O–H groups in total. The standard InChI is InChI=1S/C33H23BrO/c1-3-4-9-27-21(2)26-10-6-5-8-25(26)20-28(27)23-15-13-22(14-16-23)24-17-18-31-29(19-24)33-30(34)11-7-12-32(33)35-31/h3-20H,1H2,2H3/b9-4-. The van der Waals surface area contributed by atoms with Crippen LogP contribution in [0.1, 0.15) is 11.1 Å². The normalized spacial score (nSPS) is 11.7. The first kappa shape index (κ1) is 21.6. The van der Waals surface area contributed by atoms with E-state index in [1.165, 1.54) is 44.2 Å². The van der Waals surface area contributed by atoms with Crippen LogP contribution in [0.25, 0.3) is 61.0 Å². The summed E-state index contributed by atoms with van der Waals surface area (Å²) < 4.78 is 7.10. The average Bonchev–Trinajstić information content (AvgIpc) is 3.27. The molecule has 0 radical (unpaired) electrons. The van der Waals surface area contributed by atoms with Gasteiger partial charge in [-0.15, -0.1) is 0 Å². The predicted octanol–water partition coefficient (Wildman–Crippen LogP) is 10.3. The Kier molecular flexibility index (Phi) is 5.39. The fraction of sp³-hybridized carbons (Fsp3) is 0.0303. The highest BCUT2D eigenvalue weighted by molar-refractivity contribution is 9.10. The second kappa shape index (κ2) is 8.72. The molecule has 0 fully saturated rings. The molecule has 2 heteroatoms. The number of fused-ring (bicyclic) bond motifs is 4. The van der Waals surface area contributed by atoms with Gasteiger partial charge in [-0.3, -0.25) is 0 Å². The molecule has 6 rings (SSSR count). The minimum atomic E-state index is 0.897. The van der Waals surface area contributed by atoms with Crippen LogP contribution in [0.4, 0.5) is 0 Å². The molecule has 6 aromatic rings. The molecule has 0 bridgehead atoms. The Bertz CT molecular complexity index is 1770. The van der Waals surface area contributed by atoms with Gasteiger partial charge in [-0.1, -0.05) is 101 Å². The van der Waals surface area contributed by atoms with Crippen molar-refractivity contribution in [3.8, 4) is 22.3 Å². The number of aryl methyl sites for hydroxylation is 1. The number of hydrogen-bond donors (Lipinski definition) is 0. The van der Waals surface area contributed by atoms with Gasteiger partial charge in [0, 0.05) is 15.2 Å². The van der Waals surface area contributed by atoms with Crippen LogP contribution in [0.3, 0.4) is 0 Å². The molecule has 0 saturated carbocycles. The summed E-state index contributed by atoms with van der Waals surface area (Å²) in [7, 11) is 0. The van der Waals surface area contributed by atoms with E-state index < -0.39 is 0 Å². The van der Waals surface area contributed by atoms with Crippen molar-refractivity contribution in [3.05, 3.63) is 125 Å². The number of benzene rings is 5. The van der Waals surface area contributed by atoms with Crippen molar-refractivity contribution in [2.45, 2.75) is 6.92 Å². The molecule has 0 amide bonds. The third-order valence-corrected chi connectivity index (χ3v) is 7.39. The summed E-state index contributed by atoms with van der Waals surface area (Å²) in [6.45, 7) is 6.06. The summed E-state index contributed by atoms with van der Waals surface area (Å²) in [4.78, 5) is 0. The Morgan fingerprint density at radius 2 is 1.51 bits per heavy atom. The lowest BCUT2D eigenvalue weighted by molar-refractivity contribution is 0.669. The highest BCUT2D eigenvalue weighted by Crippen LogP contribution is 2.38. The minimum Gasteiger partial charge on any atom is -0.456 e. The first-order chi connectivity index (χ1) is 17.1. The van der Waals surface area contributed by atoms with Gasteiger partial charge in [0.15, 0.2) is 0 Å². The molecule has 5 aromatic carbocycles. The van der Waals surface area contributed by atoms with Gasteiger partial charge < -0.3 is 4.42 Å². The summed E-state index contributed by atoms with van der Waals surface area (Å²) in [5.41, 5.74) is 9.08. The van der Waals surface area contributed by atoms with Gasteiger partial charge in [-0.25, -0.2) is 0 Å². The number of rotatable bonds is 4. The molecule has 168 valence electrons. The van der Waals surface area contributed by atoms with Crippen molar-refractivity contribution >= 4 is 54.7 Å². The largest absolute Gasteiger partial charge is 0.456 e. The average molecular weight is 515 g/mol. The smallest absolute Gasteiger partial charge is 0.136 e. The van der Waals surface area contributed by atoms with Crippen LogP contribution < -0.4 is 0 Å². The zero-order valence-corrected chi connectivity index (χ0v) is 21.0. The molecular weight excluding hydrogens is 492 g/mol. The first-order valence-corrected chi connectivity index (χ1v) is 12.5. The van der Waals surface area contributed by atoms with Crippen LogP contribution in [-0.4, -0.2) is 0 Å². The zero-order valence-electron chi connectivity index (χ0n) is 19.4. The van der Waals surface area contributed by atoms with Gasteiger partial charge in [0.2, 0.25) is 0 Å². The molecule has 0 aliphatic carbocycles. The molecule has 0 atom stereocenters. The minimum absolute atomic E-state index is 0.897. The number of furan rings is 1. The van der Waals surface area contributed by atoms with Gasteiger partial charge in [0.25, 0.3) is 0 Å². The van der Waals surface area contributed by atoms with E-state index >= 15 is 0 Å². The van der Waals surface area contributed by atoms with E-state index in [1.807, 2.05) is 24.3 Å². The number of allylic oxidation sites excluding steroid dienone is 2. The maximum absolute atomic E-state index is 6.05. The van der Waals surface area contributed by atoms with Crippen molar-refractivity contribution in [1.82, 2.24) is 0 Å². The Morgan fingerprint density at radius 3 is 2.34 bits per heavy atom. The predicted molar refractivity (Wildman–Crippen MR) is 154 cm³/mol. The summed E-state index contributed by atoms with van der Waals surface area (Å²) in [5.74, 6) is 0. The van der Waals surface area contributed by atoms with Crippen LogP contribution in [0, 0.1) is 6.92 Å². The summed E-state index contributed by atoms with van der Waals surface area (Å²) in [6, 6.07) is 32.2. The monoisotopic (exact) mass is 514 g/mol. The van der Waals surface area contributed by atoms with Gasteiger partial charge in [0.05, 0.1) is 0 Å². The van der Waals surface area contributed by atoms with Crippen molar-refractivity contribution in [1.29, 1.82) is 0 Å². The quantitative estimate of drug-likeness (QED) is 0.213. The molecule has 1 heterocycles. The molecule has 0 saturated heterocycles. The molecule has 35 heavy (non-hydrogen) atoms. The fourth-order valence-corrected chi connectivity index (χ4v) is 5.53. The van der Waals surface area contributed by atoms with E-state index in [9.17, 15) is 0 Å². The van der Waals surface area contributed by atoms with Crippen molar-refractivity contribution < 1.29 is 4.42 Å². The van der Waals surface area contributed by atoms with Gasteiger partial charge >= 0.3 is 0 Å². The highest BCUT2D eigenvalue weighted by Gasteiger charge is 2.13. The molecule has 1 nitrogen and oxygen atoms in total. The van der Waals surface area contributed by atoms with Crippen molar-refractivity contribution in [3.63, 3.8) is 0 Å². The number of halogens is 1. The third-order valence-electron chi connectivity index (χ3n) is 6.73. The van der Waals surface area contributed by atoms with E-state index in [0.29, 0.717) is 0 Å². The van der Waals surface area contributed by atoms with Crippen LogP contribution in [0.5, 0.6) is 0 Å². The maximum atomic E-state index is 6.05. The summed E-state index contributed by atoms with van der Waals surface area (Å²) in [5, 5.41) is 4.77. The number of hydrogen-bond acceptors (Lipinski definition) is 1. The zero-order chi connectivity index (χ0) is 23.9. The van der Waals surface area contributed by atoms with E-state index in [-0.39, 0.29) is 0 Å². The lowest BCUT2D eigenvalue weighted by Gasteiger charge is -2.14. The van der Waals surface area contributed by atoms with E-state index in [0.717, 1.165) is 26.4 Å². The lowest BCUT2D eigenvalue weighted by atomic mass is 9.90. The summed E-state index contributed by atoms with van der Waals surface area (Å²) in [6.07, 6.45) is 6.00. The van der Waals surface area contributed by atoms with Crippen molar-refractivity contribution in [2.24, 2.45) is 0 Å². The van der Waals surface area contributed by atoms with Gasteiger partial charge in [0.1, 0.15) is 11.2 Å². The van der Waals surface area contributed by atoms with Gasteiger partial charge in [-0.2, -0.15) is 0 Å². The Balaban J connectivity index is 1.47. The molecule has 0 spiro atoms. The van der Waals surface area contributed by atoms with Crippen LogP contribution >= 0.6 is 15.9 Å². The second-order valence-corrected chi connectivity index (χ2v) is 9.64. The fourth-order valence-electron chi connectivity index (χ4n) is 4.97. The van der Waals surface area contributed by atoms with E-state index in [1.54, 1.807) is 0 Å². The van der Waals surface area contributed by atoms with E-state index in [2.05, 4.69) is 114 Å². The third kappa shape index (κ3) is 3.71. The molecule has 0 aliphatic rings. The second-order valence-electron chi connectivity index (χ2n) is 8.78. The SMILES string of the molecule is C=C/C=C\c1c(-c2ccc(-c3ccc4oc5cccc(Br)c5c4c3)cc2)cc2ccccc2c1C. The van der Waals surface area contributed by atoms with Crippen LogP contribution in [-0.2, 0) is 0 Å². The molecule has 1 aromatic heterocycles. The molecule has 0 aliphatic heterocycles. The summed E-state index contributed by atoms with van der Waals surface area (Å²) >= 11 is 3.69. The Morgan fingerprint density at radius 1 is 0.743 bits per heavy atom. The Labute approximate surface area is 213 Å². The molecule has 0 unspecified atom stereocenters. The van der Waals surface area contributed by atoms with E-state index in [4.69, 9.17) is 4.42 Å². The van der Waals surface area contributed by atoms with Crippen molar-refractivity contribution in [2.75, 3.05) is 0 Å². The molecular formula is C33H23BrO. The first-order valence-electron chi connectivity index (χ1n) is 11.7. The Hall–Kier alpha value is -3.88. The van der Waals surface area contributed by atoms with Gasteiger partial charge in [-0.05, 0) is 81.4 Å². The van der Waals surface area contributed by atoms with Crippen LogP contribution in [0.2, 0.25) is 0 Å². The lowest BCUT2D eigenvalue weighted by Crippen LogP contribution is -1.91. The topological polar surface area (TPSA) is 13.1 Å². The van der Waals surface area contributed by atoms with Crippen LogP contribution in [0.15, 0.2) is 119 Å². The maximum Gasteiger partial charge on any atom is 0.136 e.